The highest BCUT2D eigenvalue weighted by Crippen LogP contribution is 2.45. The second-order valence-electron chi connectivity index (χ2n) is 15.7. The molecule has 0 spiro atoms. The first-order chi connectivity index (χ1) is 30.7. The number of furan rings is 1. The molecule has 4 heteroatoms. The van der Waals surface area contributed by atoms with Crippen LogP contribution in [-0.4, -0.2) is 9.97 Å². The lowest BCUT2D eigenvalue weighted by Gasteiger charge is -2.26. The monoisotopic (exact) mass is 791 g/mol. The number of benzene rings is 10. The van der Waals surface area contributed by atoms with E-state index in [2.05, 4.69) is 211 Å². The Morgan fingerprint density at radius 3 is 1.66 bits per heavy atom. The number of para-hydroxylation sites is 1. The first-order valence-electron chi connectivity index (χ1n) is 21.0. The number of rotatable bonds is 7. The number of nitrogens with zero attached hydrogens (tertiary/aromatic N) is 3. The Labute approximate surface area is 358 Å². The lowest BCUT2D eigenvalue weighted by Crippen LogP contribution is -2.09. The van der Waals surface area contributed by atoms with E-state index in [1.54, 1.807) is 0 Å². The number of fused-ring (bicyclic) bond motifs is 7. The highest BCUT2D eigenvalue weighted by Gasteiger charge is 2.22. The maximum Gasteiger partial charge on any atom is 0.161 e. The maximum atomic E-state index is 7.05. The first-order valence-corrected chi connectivity index (χ1v) is 21.0. The number of anilines is 3. The van der Waals surface area contributed by atoms with Gasteiger partial charge in [0.15, 0.2) is 5.82 Å². The summed E-state index contributed by atoms with van der Waals surface area (Å²) >= 11 is 0. The normalized spacial score (nSPS) is 11.5. The Balaban J connectivity index is 1.02. The van der Waals surface area contributed by atoms with Crippen molar-refractivity contribution in [3.63, 3.8) is 0 Å². The smallest absolute Gasteiger partial charge is 0.161 e. The molecule has 12 aromatic rings. The van der Waals surface area contributed by atoms with Gasteiger partial charge in [-0.2, -0.15) is 0 Å². The molecule has 62 heavy (non-hydrogen) atoms. The van der Waals surface area contributed by atoms with Crippen LogP contribution < -0.4 is 4.90 Å². The van der Waals surface area contributed by atoms with Crippen molar-refractivity contribution in [1.82, 2.24) is 9.97 Å². The summed E-state index contributed by atoms with van der Waals surface area (Å²) in [7, 11) is 0. The van der Waals surface area contributed by atoms with E-state index in [9.17, 15) is 0 Å². The molecule has 4 nitrogen and oxygen atoms in total. The summed E-state index contributed by atoms with van der Waals surface area (Å²) in [5, 5.41) is 7.65. The average molecular weight is 792 g/mol. The number of hydrogen-bond donors (Lipinski definition) is 0. The van der Waals surface area contributed by atoms with Gasteiger partial charge in [0.25, 0.3) is 0 Å². The van der Waals surface area contributed by atoms with Crippen molar-refractivity contribution in [2.24, 2.45) is 0 Å². The minimum absolute atomic E-state index is 0.662. The van der Waals surface area contributed by atoms with E-state index in [1.807, 2.05) is 18.2 Å². The number of hydrogen-bond acceptors (Lipinski definition) is 4. The molecule has 12 rings (SSSR count). The van der Waals surface area contributed by atoms with E-state index in [0.29, 0.717) is 5.82 Å². The minimum atomic E-state index is 0.662. The van der Waals surface area contributed by atoms with Crippen LogP contribution in [0.3, 0.4) is 0 Å². The van der Waals surface area contributed by atoms with Crippen LogP contribution in [0.5, 0.6) is 0 Å². The van der Waals surface area contributed by atoms with E-state index in [4.69, 9.17) is 14.4 Å². The molecule has 0 aliphatic carbocycles. The van der Waals surface area contributed by atoms with Crippen molar-refractivity contribution in [1.29, 1.82) is 0 Å². The van der Waals surface area contributed by atoms with Gasteiger partial charge >= 0.3 is 0 Å². The van der Waals surface area contributed by atoms with Crippen molar-refractivity contribution in [2.75, 3.05) is 4.90 Å². The summed E-state index contributed by atoms with van der Waals surface area (Å²) in [6, 6.07) is 79.2. The van der Waals surface area contributed by atoms with E-state index in [-0.39, 0.29) is 0 Å². The van der Waals surface area contributed by atoms with Crippen LogP contribution >= 0.6 is 0 Å². The standard InChI is InChI=1S/C58H37N3O/c1-3-13-38(14-4-1)40-23-29-45(30-24-40)61(47-33-25-39-15-7-8-19-44(39)37-47)46-31-26-42(27-32-46)49-35-36-52(54-51-34-28-41-16-9-10-20-48(41)56(51)62-57(49)54)58-59-53-22-12-11-21-50(53)55(60-58)43-17-5-2-6-18-43/h1-37H. The largest absolute Gasteiger partial charge is 0.455 e. The van der Waals surface area contributed by atoms with Crippen LogP contribution in [0.2, 0.25) is 0 Å². The third kappa shape index (κ3) is 6.08. The van der Waals surface area contributed by atoms with E-state index in [1.165, 1.54) is 21.9 Å². The summed E-state index contributed by atoms with van der Waals surface area (Å²) in [5.74, 6) is 0.662. The highest BCUT2D eigenvalue weighted by molar-refractivity contribution is 6.21. The van der Waals surface area contributed by atoms with Crippen molar-refractivity contribution in [3.05, 3.63) is 224 Å². The van der Waals surface area contributed by atoms with Crippen molar-refractivity contribution in [2.45, 2.75) is 0 Å². The van der Waals surface area contributed by atoms with Crippen LogP contribution in [0.1, 0.15) is 0 Å². The van der Waals surface area contributed by atoms with Gasteiger partial charge in [0.1, 0.15) is 11.2 Å². The molecule has 0 fully saturated rings. The Morgan fingerprint density at radius 2 is 0.903 bits per heavy atom. The summed E-state index contributed by atoms with van der Waals surface area (Å²) in [4.78, 5) is 12.9. The SMILES string of the molecule is c1ccc(-c2ccc(N(c3ccc(-c4ccc(-c5nc(-c6ccccc6)c6ccccc6n5)c5c4oc4c6ccccc6ccc45)cc3)c3ccc4ccccc4c3)cc2)cc1. The van der Waals surface area contributed by atoms with Crippen LogP contribution in [-0.2, 0) is 0 Å². The van der Waals surface area contributed by atoms with Crippen molar-refractivity contribution < 1.29 is 4.42 Å². The zero-order valence-electron chi connectivity index (χ0n) is 33.6. The van der Waals surface area contributed by atoms with Crippen molar-refractivity contribution >= 4 is 71.4 Å². The van der Waals surface area contributed by atoms with Gasteiger partial charge in [-0.1, -0.05) is 164 Å². The fourth-order valence-electron chi connectivity index (χ4n) is 9.02. The van der Waals surface area contributed by atoms with Gasteiger partial charge in [0.05, 0.1) is 11.2 Å². The van der Waals surface area contributed by atoms with Gasteiger partial charge in [-0.25, -0.2) is 9.97 Å². The van der Waals surface area contributed by atoms with E-state index < -0.39 is 0 Å². The summed E-state index contributed by atoms with van der Waals surface area (Å²) in [6.07, 6.45) is 0. The lowest BCUT2D eigenvalue weighted by molar-refractivity contribution is 0.674. The average Bonchev–Trinajstić information content (AvgIpc) is 3.75. The molecule has 10 aromatic carbocycles. The summed E-state index contributed by atoms with van der Waals surface area (Å²) < 4.78 is 7.05. The summed E-state index contributed by atoms with van der Waals surface area (Å²) in [5.41, 5.74) is 13.1. The van der Waals surface area contributed by atoms with E-state index in [0.717, 1.165) is 88.6 Å². The molecular formula is C58H37N3O. The molecule has 0 saturated heterocycles. The maximum absolute atomic E-state index is 7.05. The molecule has 290 valence electrons. The topological polar surface area (TPSA) is 42.2 Å². The first kappa shape index (κ1) is 35.6. The molecule has 0 unspecified atom stereocenters. The van der Waals surface area contributed by atoms with E-state index >= 15 is 0 Å². The summed E-state index contributed by atoms with van der Waals surface area (Å²) in [6.45, 7) is 0. The molecular weight excluding hydrogens is 755 g/mol. The zero-order chi connectivity index (χ0) is 41.0. The van der Waals surface area contributed by atoms with Gasteiger partial charge in [-0.3, -0.25) is 0 Å². The molecule has 0 radical (unpaired) electrons. The molecule has 0 bridgehead atoms. The van der Waals surface area contributed by atoms with Gasteiger partial charge in [-0.05, 0) is 93.5 Å². The second-order valence-corrected chi connectivity index (χ2v) is 15.7. The fourth-order valence-corrected chi connectivity index (χ4v) is 9.02. The molecule has 0 aliphatic heterocycles. The quantitative estimate of drug-likeness (QED) is 0.161. The van der Waals surface area contributed by atoms with Gasteiger partial charge in [0, 0.05) is 55.3 Å². The molecule has 0 saturated carbocycles. The molecule has 0 amide bonds. The fraction of sp³-hybridized carbons (Fsp3) is 0. The highest BCUT2D eigenvalue weighted by atomic mass is 16.3. The van der Waals surface area contributed by atoms with Gasteiger partial charge in [0.2, 0.25) is 0 Å². The molecule has 0 atom stereocenters. The van der Waals surface area contributed by atoms with Crippen LogP contribution in [0.15, 0.2) is 229 Å². The minimum Gasteiger partial charge on any atom is -0.455 e. The van der Waals surface area contributed by atoms with Gasteiger partial charge in [-0.15, -0.1) is 0 Å². The molecule has 0 N–H and O–H groups in total. The van der Waals surface area contributed by atoms with Gasteiger partial charge < -0.3 is 9.32 Å². The lowest BCUT2D eigenvalue weighted by atomic mass is 9.96. The Hall–Kier alpha value is -8.34. The Bertz CT molecular complexity index is 3620. The van der Waals surface area contributed by atoms with Crippen LogP contribution in [0.25, 0.3) is 99.3 Å². The molecule has 0 aliphatic rings. The third-order valence-electron chi connectivity index (χ3n) is 12.1. The predicted molar refractivity (Wildman–Crippen MR) is 258 cm³/mol. The molecule has 2 aromatic heterocycles. The zero-order valence-corrected chi connectivity index (χ0v) is 33.6. The van der Waals surface area contributed by atoms with Crippen LogP contribution in [0.4, 0.5) is 17.1 Å². The van der Waals surface area contributed by atoms with Crippen LogP contribution in [0, 0.1) is 0 Å². The Kier molecular flexibility index (Phi) is 8.46. The molecule has 2 heterocycles. The van der Waals surface area contributed by atoms with Crippen molar-refractivity contribution in [3.8, 4) is 44.9 Å². The second kappa shape index (κ2) is 14.7. The third-order valence-corrected chi connectivity index (χ3v) is 12.1. The number of aromatic nitrogens is 2. The predicted octanol–water partition coefficient (Wildman–Crippen LogP) is 16.0. The Morgan fingerprint density at radius 1 is 0.339 bits per heavy atom.